The molecule has 0 bridgehead atoms. The fourth-order valence-corrected chi connectivity index (χ4v) is 2.82. The van der Waals surface area contributed by atoms with Crippen LogP contribution in [0.1, 0.15) is 5.82 Å². The zero-order valence-electron chi connectivity index (χ0n) is 11.2. The predicted octanol–water partition coefficient (Wildman–Crippen LogP) is 0.967. The van der Waals surface area contributed by atoms with Gasteiger partial charge in [0.15, 0.2) is 0 Å². The lowest BCUT2D eigenvalue weighted by atomic mass is 10.2. The number of hydrogen-bond donors (Lipinski definition) is 1. The Balaban J connectivity index is 1.42. The van der Waals surface area contributed by atoms with Crippen LogP contribution < -0.4 is 10.1 Å². The third-order valence-electron chi connectivity index (χ3n) is 3.88. The number of fused-ring (bicyclic) bond motifs is 2. The standard InChI is InChI=1S/C14H17N5O/c1-2-4-13-12(3-1)15-7-11(20-13)8-18-5-6-19-10-16-17-14(19)9-18/h1-4,10-11,15H,5-9H2. The number of hydrogen-bond acceptors (Lipinski definition) is 5. The molecule has 1 aromatic carbocycles. The molecule has 6 heteroatoms. The minimum absolute atomic E-state index is 0.180. The van der Waals surface area contributed by atoms with Gasteiger partial charge in [0.2, 0.25) is 0 Å². The third kappa shape index (κ3) is 2.12. The molecule has 0 saturated carbocycles. The molecule has 2 aromatic rings. The van der Waals surface area contributed by atoms with Crippen molar-refractivity contribution in [2.75, 3.05) is 25.0 Å². The van der Waals surface area contributed by atoms with Gasteiger partial charge in [0, 0.05) is 19.6 Å². The highest BCUT2D eigenvalue weighted by atomic mass is 16.5. The van der Waals surface area contributed by atoms with Gasteiger partial charge in [0.25, 0.3) is 0 Å². The van der Waals surface area contributed by atoms with Crippen LogP contribution in [-0.4, -0.2) is 45.4 Å². The maximum absolute atomic E-state index is 6.06. The summed E-state index contributed by atoms with van der Waals surface area (Å²) >= 11 is 0. The summed E-state index contributed by atoms with van der Waals surface area (Å²) < 4.78 is 8.17. The Labute approximate surface area is 117 Å². The van der Waals surface area contributed by atoms with Crippen molar-refractivity contribution in [1.29, 1.82) is 0 Å². The Kier molecular flexibility index (Phi) is 2.81. The van der Waals surface area contributed by atoms with E-state index in [1.807, 2.05) is 24.5 Å². The van der Waals surface area contributed by atoms with Crippen molar-refractivity contribution in [1.82, 2.24) is 19.7 Å². The van der Waals surface area contributed by atoms with Gasteiger partial charge in [-0.2, -0.15) is 0 Å². The average Bonchev–Trinajstić information content (AvgIpc) is 2.95. The summed E-state index contributed by atoms with van der Waals surface area (Å²) in [4.78, 5) is 2.38. The van der Waals surface area contributed by atoms with E-state index in [9.17, 15) is 0 Å². The number of para-hydroxylation sites is 2. The Morgan fingerprint density at radius 2 is 2.25 bits per heavy atom. The van der Waals surface area contributed by atoms with Crippen molar-refractivity contribution >= 4 is 5.69 Å². The van der Waals surface area contributed by atoms with Gasteiger partial charge < -0.3 is 14.6 Å². The smallest absolute Gasteiger partial charge is 0.147 e. The molecule has 1 atom stereocenters. The molecule has 20 heavy (non-hydrogen) atoms. The van der Waals surface area contributed by atoms with Crippen molar-refractivity contribution in [3.05, 3.63) is 36.4 Å². The van der Waals surface area contributed by atoms with E-state index in [1.165, 1.54) is 0 Å². The van der Waals surface area contributed by atoms with E-state index in [1.54, 1.807) is 0 Å². The molecule has 0 aliphatic carbocycles. The first-order valence-corrected chi connectivity index (χ1v) is 6.97. The summed E-state index contributed by atoms with van der Waals surface area (Å²) in [5.41, 5.74) is 1.09. The maximum atomic E-state index is 6.06. The van der Waals surface area contributed by atoms with E-state index in [-0.39, 0.29) is 6.10 Å². The second kappa shape index (κ2) is 4.79. The van der Waals surface area contributed by atoms with Crippen LogP contribution in [0.4, 0.5) is 5.69 Å². The van der Waals surface area contributed by atoms with Crippen LogP contribution in [0.15, 0.2) is 30.6 Å². The number of aromatic nitrogens is 3. The van der Waals surface area contributed by atoms with Crippen LogP contribution in [0, 0.1) is 0 Å². The zero-order chi connectivity index (χ0) is 13.4. The summed E-state index contributed by atoms with van der Waals surface area (Å²) in [5, 5.41) is 11.5. The fraction of sp³-hybridized carbons (Fsp3) is 0.429. The Bertz CT molecular complexity index is 611. The van der Waals surface area contributed by atoms with Gasteiger partial charge in [-0.3, -0.25) is 4.90 Å². The third-order valence-corrected chi connectivity index (χ3v) is 3.88. The average molecular weight is 271 g/mol. The van der Waals surface area contributed by atoms with Crippen LogP contribution >= 0.6 is 0 Å². The minimum Gasteiger partial charge on any atom is -0.485 e. The van der Waals surface area contributed by atoms with Crippen LogP contribution in [0.3, 0.4) is 0 Å². The lowest BCUT2D eigenvalue weighted by Crippen LogP contribution is -2.44. The number of nitrogens with one attached hydrogen (secondary N) is 1. The van der Waals surface area contributed by atoms with Crippen molar-refractivity contribution in [2.24, 2.45) is 0 Å². The predicted molar refractivity (Wildman–Crippen MR) is 74.6 cm³/mol. The molecule has 0 spiro atoms. The van der Waals surface area contributed by atoms with Crippen molar-refractivity contribution in [3.63, 3.8) is 0 Å². The number of anilines is 1. The maximum Gasteiger partial charge on any atom is 0.147 e. The molecule has 1 unspecified atom stereocenters. The lowest BCUT2D eigenvalue weighted by Gasteiger charge is -2.33. The normalized spacial score (nSPS) is 21.5. The monoisotopic (exact) mass is 271 g/mol. The fourth-order valence-electron chi connectivity index (χ4n) is 2.82. The van der Waals surface area contributed by atoms with Gasteiger partial charge in [0.1, 0.15) is 24.0 Å². The first-order valence-electron chi connectivity index (χ1n) is 6.97. The molecule has 0 amide bonds. The zero-order valence-corrected chi connectivity index (χ0v) is 11.2. The first-order chi connectivity index (χ1) is 9.88. The van der Waals surface area contributed by atoms with E-state index in [0.717, 1.165) is 50.0 Å². The molecule has 0 fully saturated rings. The minimum atomic E-state index is 0.180. The van der Waals surface area contributed by atoms with Crippen LogP contribution in [-0.2, 0) is 13.1 Å². The molecular formula is C14H17N5O. The summed E-state index contributed by atoms with van der Waals surface area (Å²) in [6.45, 7) is 4.58. The summed E-state index contributed by atoms with van der Waals surface area (Å²) in [5.74, 6) is 1.99. The molecule has 4 rings (SSSR count). The molecular weight excluding hydrogens is 254 g/mol. The Hall–Kier alpha value is -2.08. The van der Waals surface area contributed by atoms with E-state index < -0.39 is 0 Å². The number of ether oxygens (including phenoxy) is 1. The van der Waals surface area contributed by atoms with Crippen LogP contribution in [0.25, 0.3) is 0 Å². The van der Waals surface area contributed by atoms with E-state index in [2.05, 4.69) is 31.0 Å². The van der Waals surface area contributed by atoms with E-state index in [4.69, 9.17) is 4.74 Å². The molecule has 2 aliphatic heterocycles. The van der Waals surface area contributed by atoms with Crippen LogP contribution in [0.5, 0.6) is 5.75 Å². The molecule has 104 valence electrons. The van der Waals surface area contributed by atoms with Gasteiger partial charge in [-0.05, 0) is 12.1 Å². The molecule has 1 aromatic heterocycles. The molecule has 6 nitrogen and oxygen atoms in total. The number of rotatable bonds is 2. The summed E-state index contributed by atoms with van der Waals surface area (Å²) in [6, 6.07) is 8.09. The van der Waals surface area contributed by atoms with Gasteiger partial charge >= 0.3 is 0 Å². The van der Waals surface area contributed by atoms with Crippen LogP contribution in [0.2, 0.25) is 0 Å². The molecule has 0 saturated heterocycles. The number of nitrogens with zero attached hydrogens (tertiary/aromatic N) is 4. The molecule has 3 heterocycles. The summed E-state index contributed by atoms with van der Waals surface area (Å²) in [6.07, 6.45) is 1.99. The second-order valence-corrected chi connectivity index (χ2v) is 5.29. The van der Waals surface area contributed by atoms with Gasteiger partial charge in [-0.25, -0.2) is 0 Å². The molecule has 1 N–H and O–H groups in total. The molecule has 2 aliphatic rings. The second-order valence-electron chi connectivity index (χ2n) is 5.29. The summed E-state index contributed by atoms with van der Waals surface area (Å²) in [7, 11) is 0. The van der Waals surface area contributed by atoms with E-state index >= 15 is 0 Å². The van der Waals surface area contributed by atoms with Crippen molar-refractivity contribution < 1.29 is 4.74 Å². The first kappa shape index (κ1) is 11.7. The van der Waals surface area contributed by atoms with E-state index in [0.29, 0.717) is 0 Å². The van der Waals surface area contributed by atoms with Gasteiger partial charge in [0.05, 0.1) is 18.8 Å². The van der Waals surface area contributed by atoms with Gasteiger partial charge in [-0.1, -0.05) is 12.1 Å². The highest BCUT2D eigenvalue weighted by Gasteiger charge is 2.24. The van der Waals surface area contributed by atoms with Crippen molar-refractivity contribution in [3.8, 4) is 5.75 Å². The Morgan fingerprint density at radius 1 is 1.30 bits per heavy atom. The Morgan fingerprint density at radius 3 is 3.25 bits per heavy atom. The topological polar surface area (TPSA) is 55.2 Å². The lowest BCUT2D eigenvalue weighted by molar-refractivity contribution is 0.116. The highest BCUT2D eigenvalue weighted by molar-refractivity contribution is 5.57. The van der Waals surface area contributed by atoms with Crippen molar-refractivity contribution in [2.45, 2.75) is 19.2 Å². The number of benzene rings is 1. The quantitative estimate of drug-likeness (QED) is 0.882. The molecule has 0 radical (unpaired) electrons. The highest BCUT2D eigenvalue weighted by Crippen LogP contribution is 2.28. The van der Waals surface area contributed by atoms with Gasteiger partial charge in [-0.15, -0.1) is 10.2 Å². The SMILES string of the molecule is c1ccc2c(c1)NCC(CN1CCn3cnnc3C1)O2. The largest absolute Gasteiger partial charge is 0.485 e.